The van der Waals surface area contributed by atoms with Gasteiger partial charge in [0.15, 0.2) is 0 Å². The Morgan fingerprint density at radius 3 is 2.45 bits per heavy atom. The van der Waals surface area contributed by atoms with E-state index >= 15 is 0 Å². The number of anilines is 1. The lowest BCUT2D eigenvalue weighted by molar-refractivity contribution is 0.146. The molecule has 1 heterocycles. The molecule has 7 nitrogen and oxygen atoms in total. The Hall–Kier alpha value is -3.04. The minimum absolute atomic E-state index is 0.0149. The third kappa shape index (κ3) is 5.77. The van der Waals surface area contributed by atoms with Gasteiger partial charge in [-0.1, -0.05) is 55.5 Å². The van der Waals surface area contributed by atoms with E-state index in [9.17, 15) is 13.2 Å². The molecule has 0 aliphatic carbocycles. The van der Waals surface area contributed by atoms with Crippen molar-refractivity contribution in [1.29, 1.82) is 0 Å². The predicted molar refractivity (Wildman–Crippen MR) is 121 cm³/mol. The second-order valence-corrected chi connectivity index (χ2v) is 9.96. The van der Waals surface area contributed by atoms with Gasteiger partial charge in [-0.05, 0) is 41.7 Å². The van der Waals surface area contributed by atoms with Crippen molar-refractivity contribution >= 4 is 33.2 Å². The van der Waals surface area contributed by atoms with Crippen LogP contribution in [0.4, 0.5) is 10.5 Å². The van der Waals surface area contributed by atoms with E-state index in [4.69, 9.17) is 14.6 Å². The molecule has 0 saturated heterocycles. The fraction of sp³-hybridized carbons (Fsp3) is 0.227. The van der Waals surface area contributed by atoms with Gasteiger partial charge in [-0.2, -0.15) is 0 Å². The van der Waals surface area contributed by atoms with Crippen molar-refractivity contribution in [3.05, 3.63) is 60.2 Å². The van der Waals surface area contributed by atoms with Crippen molar-refractivity contribution in [2.45, 2.75) is 25.2 Å². The van der Waals surface area contributed by atoms with Crippen LogP contribution in [0.2, 0.25) is 0 Å². The van der Waals surface area contributed by atoms with Gasteiger partial charge in [0.1, 0.15) is 11.4 Å². The van der Waals surface area contributed by atoms with E-state index in [0.29, 0.717) is 16.5 Å². The monoisotopic (exact) mass is 461 g/mol. The third-order valence-electron chi connectivity index (χ3n) is 4.36. The first-order valence-corrected chi connectivity index (χ1v) is 11.8. The van der Waals surface area contributed by atoms with E-state index in [1.807, 2.05) is 24.3 Å². The van der Waals surface area contributed by atoms with E-state index in [0.717, 1.165) is 23.3 Å². The van der Waals surface area contributed by atoms with Gasteiger partial charge in [-0.15, -0.1) is 0 Å². The Morgan fingerprint density at radius 2 is 1.84 bits per heavy atom. The summed E-state index contributed by atoms with van der Waals surface area (Å²) >= 11 is 1.05. The fourth-order valence-corrected chi connectivity index (χ4v) is 5.11. The summed E-state index contributed by atoms with van der Waals surface area (Å²) in [6, 6.07) is 15.4. The molecule has 1 aromatic heterocycles. The van der Waals surface area contributed by atoms with Crippen LogP contribution in [0.5, 0.6) is 10.8 Å². The normalized spacial score (nSPS) is 11.4. The number of hydrogen-bond donors (Lipinski definition) is 2. The Labute approximate surface area is 185 Å². The van der Waals surface area contributed by atoms with Crippen molar-refractivity contribution in [2.75, 3.05) is 11.8 Å². The Morgan fingerprint density at radius 1 is 1.13 bits per heavy atom. The molecule has 2 aromatic carbocycles. The molecule has 0 aliphatic heterocycles. The standard InChI is InChI=1S/C22H23NO6S2/c1-14(2)11-15-7-9-16(10-8-15)20-13-19(21(30-20)29-22(24)25)23-31(26,27)18-6-4-5-17(12-18)28-3/h4-10,12-14,23H,11H2,1-3H3,(H,24,25). The number of methoxy groups -OCH3 is 1. The summed E-state index contributed by atoms with van der Waals surface area (Å²) in [5.41, 5.74) is 2.08. The summed E-state index contributed by atoms with van der Waals surface area (Å²) in [4.78, 5) is 11.8. The van der Waals surface area contributed by atoms with Gasteiger partial charge in [0.2, 0.25) is 5.06 Å². The van der Waals surface area contributed by atoms with Gasteiger partial charge in [0.25, 0.3) is 10.0 Å². The SMILES string of the molecule is COc1cccc(S(=O)(=O)Nc2cc(-c3ccc(CC(C)C)cc3)sc2OC(=O)O)c1. The molecule has 0 saturated carbocycles. The molecule has 0 aliphatic rings. The molecule has 3 rings (SSSR count). The maximum atomic E-state index is 12.8. The van der Waals surface area contributed by atoms with Crippen LogP contribution in [0, 0.1) is 5.92 Å². The van der Waals surface area contributed by atoms with Crippen LogP contribution in [0.1, 0.15) is 19.4 Å². The fourth-order valence-electron chi connectivity index (χ4n) is 2.99. The zero-order valence-corrected chi connectivity index (χ0v) is 18.9. The average Bonchev–Trinajstić information content (AvgIpc) is 3.09. The number of thiophene rings is 1. The molecule has 0 atom stereocenters. The summed E-state index contributed by atoms with van der Waals surface area (Å²) in [6.07, 6.45) is -0.577. The maximum absolute atomic E-state index is 12.8. The first-order valence-electron chi connectivity index (χ1n) is 9.48. The van der Waals surface area contributed by atoms with Gasteiger partial charge < -0.3 is 14.6 Å². The molecular formula is C22H23NO6S2. The minimum Gasteiger partial charge on any atom is -0.497 e. The Kier molecular flexibility index (Phi) is 6.87. The van der Waals surface area contributed by atoms with Crippen LogP contribution < -0.4 is 14.2 Å². The molecule has 2 N–H and O–H groups in total. The quantitative estimate of drug-likeness (QED) is 0.431. The maximum Gasteiger partial charge on any atom is 0.512 e. The zero-order chi connectivity index (χ0) is 22.6. The molecule has 0 radical (unpaired) electrons. The molecule has 0 bridgehead atoms. The molecule has 9 heteroatoms. The summed E-state index contributed by atoms with van der Waals surface area (Å²) in [5, 5.41) is 9.01. The molecule has 0 amide bonds. The molecular weight excluding hydrogens is 438 g/mol. The second kappa shape index (κ2) is 9.40. The summed E-state index contributed by atoms with van der Waals surface area (Å²) in [5.74, 6) is 0.915. The van der Waals surface area contributed by atoms with Crippen molar-refractivity contribution in [3.63, 3.8) is 0 Å². The molecule has 0 unspecified atom stereocenters. The summed E-state index contributed by atoms with van der Waals surface area (Å²) in [6.45, 7) is 4.28. The van der Waals surface area contributed by atoms with E-state index in [1.165, 1.54) is 24.8 Å². The van der Waals surface area contributed by atoms with Crippen molar-refractivity contribution in [1.82, 2.24) is 0 Å². The van der Waals surface area contributed by atoms with Crippen molar-refractivity contribution in [3.8, 4) is 21.3 Å². The number of ether oxygens (including phenoxy) is 2. The predicted octanol–water partition coefficient (Wildman–Crippen LogP) is 5.48. The van der Waals surface area contributed by atoms with Gasteiger partial charge in [0.05, 0.1) is 12.0 Å². The van der Waals surface area contributed by atoms with Gasteiger partial charge in [-0.3, -0.25) is 4.72 Å². The lowest BCUT2D eigenvalue weighted by Crippen LogP contribution is -2.14. The smallest absolute Gasteiger partial charge is 0.497 e. The third-order valence-corrected chi connectivity index (χ3v) is 6.78. The van der Waals surface area contributed by atoms with Crippen LogP contribution >= 0.6 is 11.3 Å². The van der Waals surface area contributed by atoms with Gasteiger partial charge >= 0.3 is 6.16 Å². The number of nitrogens with one attached hydrogen (secondary N) is 1. The van der Waals surface area contributed by atoms with Crippen LogP contribution in [0.15, 0.2) is 59.5 Å². The van der Waals surface area contributed by atoms with E-state index in [-0.39, 0.29) is 15.6 Å². The minimum atomic E-state index is -3.99. The lowest BCUT2D eigenvalue weighted by Gasteiger charge is -2.09. The zero-order valence-electron chi connectivity index (χ0n) is 17.3. The van der Waals surface area contributed by atoms with Crippen LogP contribution in [-0.2, 0) is 16.4 Å². The molecule has 0 spiro atoms. The number of rotatable bonds is 8. The van der Waals surface area contributed by atoms with E-state index in [2.05, 4.69) is 18.6 Å². The lowest BCUT2D eigenvalue weighted by atomic mass is 10.0. The highest BCUT2D eigenvalue weighted by atomic mass is 32.2. The van der Waals surface area contributed by atoms with E-state index in [1.54, 1.807) is 18.2 Å². The van der Waals surface area contributed by atoms with E-state index < -0.39 is 16.2 Å². The molecule has 3 aromatic rings. The highest BCUT2D eigenvalue weighted by Gasteiger charge is 2.22. The van der Waals surface area contributed by atoms with Crippen LogP contribution in [0.3, 0.4) is 0 Å². The largest absolute Gasteiger partial charge is 0.512 e. The average molecular weight is 462 g/mol. The Balaban J connectivity index is 1.94. The van der Waals surface area contributed by atoms with Crippen molar-refractivity contribution in [2.24, 2.45) is 5.92 Å². The number of carboxylic acid groups (broad SMARTS) is 1. The topological polar surface area (TPSA) is 102 Å². The Bertz CT molecular complexity index is 1170. The number of sulfonamides is 1. The summed E-state index contributed by atoms with van der Waals surface area (Å²) in [7, 11) is -2.55. The van der Waals surface area contributed by atoms with Gasteiger partial charge in [0, 0.05) is 10.9 Å². The highest BCUT2D eigenvalue weighted by molar-refractivity contribution is 7.92. The molecule has 0 fully saturated rings. The first kappa shape index (κ1) is 22.6. The number of hydrogen-bond acceptors (Lipinski definition) is 6. The second-order valence-electron chi connectivity index (χ2n) is 7.26. The highest BCUT2D eigenvalue weighted by Crippen LogP contribution is 2.42. The van der Waals surface area contributed by atoms with Gasteiger partial charge in [-0.25, -0.2) is 13.2 Å². The molecule has 31 heavy (non-hydrogen) atoms. The summed E-state index contributed by atoms with van der Waals surface area (Å²) < 4.78 is 38.0. The first-order chi connectivity index (χ1) is 14.7. The molecule has 164 valence electrons. The van der Waals surface area contributed by atoms with Crippen LogP contribution in [0.25, 0.3) is 10.4 Å². The number of carbonyl (C=O) groups is 1. The number of benzene rings is 2. The van der Waals surface area contributed by atoms with Crippen molar-refractivity contribution < 1.29 is 27.8 Å². The van der Waals surface area contributed by atoms with Crippen LogP contribution in [-0.4, -0.2) is 26.8 Å².